The van der Waals surface area contributed by atoms with Crippen LogP contribution in [0.4, 0.5) is 0 Å². The van der Waals surface area contributed by atoms with E-state index in [0.717, 1.165) is 24.7 Å². The van der Waals surface area contributed by atoms with E-state index in [1.807, 2.05) is 25.5 Å². The molecule has 1 heterocycles. The summed E-state index contributed by atoms with van der Waals surface area (Å²) < 4.78 is 7.27. The molecule has 0 aliphatic heterocycles. The highest BCUT2D eigenvalue weighted by Gasteiger charge is 2.48. The van der Waals surface area contributed by atoms with Gasteiger partial charge in [-0.05, 0) is 57.4 Å². The molecule has 1 saturated carbocycles. The topological polar surface area (TPSA) is 44.1 Å². The van der Waals surface area contributed by atoms with Gasteiger partial charge in [-0.15, -0.1) is 0 Å². The zero-order valence-electron chi connectivity index (χ0n) is 12.2. The van der Waals surface area contributed by atoms with Crippen molar-refractivity contribution in [3.8, 4) is 0 Å². The quantitative estimate of drug-likeness (QED) is 0.786. The zero-order valence-corrected chi connectivity index (χ0v) is 12.2. The average molecular weight is 262 g/mol. The molecule has 1 aromatic heterocycles. The minimum absolute atomic E-state index is 0.193. The molecule has 4 nitrogen and oxygen atoms in total. The summed E-state index contributed by atoms with van der Waals surface area (Å²) in [6.45, 7) is 8.07. The Hall–Kier alpha value is -1.32. The number of fused-ring (bicyclic) bond motifs is 3. The van der Waals surface area contributed by atoms with Gasteiger partial charge < -0.3 is 4.74 Å². The second-order valence-electron chi connectivity index (χ2n) is 6.71. The third-order valence-electron chi connectivity index (χ3n) is 3.96. The summed E-state index contributed by atoms with van der Waals surface area (Å²) in [4.78, 5) is 11.9. The number of nitrogens with zero attached hydrogens (tertiary/aromatic N) is 2. The predicted octanol–water partition coefficient (Wildman–Crippen LogP) is 2.45. The number of hydrogen-bond donors (Lipinski definition) is 0. The highest BCUT2D eigenvalue weighted by Crippen LogP contribution is 2.57. The van der Waals surface area contributed by atoms with Crippen LogP contribution < -0.4 is 0 Å². The lowest BCUT2D eigenvalue weighted by molar-refractivity contribution is -0.155. The van der Waals surface area contributed by atoms with Gasteiger partial charge in [0.1, 0.15) is 12.1 Å². The molecule has 0 bridgehead atoms. The molecule has 2 aliphatic carbocycles. The highest BCUT2D eigenvalue weighted by atomic mass is 16.6. The first-order chi connectivity index (χ1) is 8.89. The van der Waals surface area contributed by atoms with Crippen molar-refractivity contribution in [1.82, 2.24) is 9.78 Å². The van der Waals surface area contributed by atoms with Gasteiger partial charge in [0.15, 0.2) is 0 Å². The maximum atomic E-state index is 11.9. The standard InChI is InChI=1S/C15H22N2O2/c1-5-11-14-10-6-9(10)7-12(14)17(16-11)8-13(18)19-15(2,3)4/h9-10H,5-8H2,1-4H3/t9?,10-/m1/s1. The van der Waals surface area contributed by atoms with Gasteiger partial charge in [-0.25, -0.2) is 0 Å². The smallest absolute Gasteiger partial charge is 0.328 e. The molecule has 104 valence electrons. The average Bonchev–Trinajstić information content (AvgIpc) is 2.80. The maximum Gasteiger partial charge on any atom is 0.328 e. The Labute approximate surface area is 114 Å². The van der Waals surface area contributed by atoms with Crippen LogP contribution in [0.5, 0.6) is 0 Å². The molecule has 2 atom stereocenters. The summed E-state index contributed by atoms with van der Waals surface area (Å²) in [5.74, 6) is 1.36. The maximum absolute atomic E-state index is 11.9. The molecule has 3 rings (SSSR count). The van der Waals surface area contributed by atoms with Crippen LogP contribution in [0, 0.1) is 5.92 Å². The molecule has 2 aliphatic rings. The van der Waals surface area contributed by atoms with Crippen molar-refractivity contribution in [3.63, 3.8) is 0 Å². The third-order valence-corrected chi connectivity index (χ3v) is 3.96. The number of esters is 1. The van der Waals surface area contributed by atoms with Crippen LogP contribution in [-0.2, 0) is 28.9 Å². The summed E-state index contributed by atoms with van der Waals surface area (Å²) in [5.41, 5.74) is 3.48. The molecule has 0 saturated heterocycles. The van der Waals surface area contributed by atoms with E-state index in [1.165, 1.54) is 23.4 Å². The van der Waals surface area contributed by atoms with Crippen molar-refractivity contribution in [2.75, 3.05) is 0 Å². The lowest BCUT2D eigenvalue weighted by atomic mass is 10.1. The predicted molar refractivity (Wildman–Crippen MR) is 72.0 cm³/mol. The second kappa shape index (κ2) is 4.09. The van der Waals surface area contributed by atoms with E-state index in [0.29, 0.717) is 0 Å². The number of rotatable bonds is 3. The zero-order chi connectivity index (χ0) is 13.8. The Bertz CT molecular complexity index is 525. The fraction of sp³-hybridized carbons (Fsp3) is 0.733. The number of ether oxygens (including phenoxy) is 1. The van der Waals surface area contributed by atoms with Gasteiger partial charge in [0, 0.05) is 5.69 Å². The van der Waals surface area contributed by atoms with Gasteiger partial charge in [-0.3, -0.25) is 9.48 Å². The summed E-state index contributed by atoms with van der Waals surface area (Å²) in [7, 11) is 0. The van der Waals surface area contributed by atoms with Crippen LogP contribution in [0.25, 0.3) is 0 Å². The number of hydrogen-bond acceptors (Lipinski definition) is 3. The summed E-state index contributed by atoms with van der Waals surface area (Å²) in [5, 5.41) is 4.61. The van der Waals surface area contributed by atoms with E-state index in [1.54, 1.807) is 0 Å². The molecular formula is C15H22N2O2. The number of aromatic nitrogens is 2. The molecule has 1 aromatic rings. The van der Waals surface area contributed by atoms with Gasteiger partial charge in [-0.1, -0.05) is 6.92 Å². The Morgan fingerprint density at radius 1 is 1.47 bits per heavy atom. The monoisotopic (exact) mass is 262 g/mol. The van der Waals surface area contributed by atoms with Crippen molar-refractivity contribution in [3.05, 3.63) is 17.0 Å². The van der Waals surface area contributed by atoms with Crippen molar-refractivity contribution in [2.45, 2.75) is 65.0 Å². The van der Waals surface area contributed by atoms with Crippen LogP contribution in [-0.4, -0.2) is 21.4 Å². The van der Waals surface area contributed by atoms with E-state index in [9.17, 15) is 4.79 Å². The number of carbonyl (C=O) groups excluding carboxylic acids is 1. The summed E-state index contributed by atoms with van der Waals surface area (Å²) in [6, 6.07) is 0. The summed E-state index contributed by atoms with van der Waals surface area (Å²) >= 11 is 0. The van der Waals surface area contributed by atoms with Gasteiger partial charge in [-0.2, -0.15) is 5.10 Å². The Balaban J connectivity index is 1.79. The van der Waals surface area contributed by atoms with Crippen LogP contribution in [0.15, 0.2) is 0 Å². The molecule has 0 aromatic carbocycles. The first kappa shape index (κ1) is 12.7. The largest absolute Gasteiger partial charge is 0.459 e. The molecule has 1 unspecified atom stereocenters. The normalized spacial score (nSPS) is 24.0. The first-order valence-corrected chi connectivity index (χ1v) is 7.19. The van der Waals surface area contributed by atoms with Crippen molar-refractivity contribution in [1.29, 1.82) is 0 Å². The molecule has 0 amide bonds. The minimum atomic E-state index is -0.427. The lowest BCUT2D eigenvalue weighted by Crippen LogP contribution is -2.27. The molecule has 0 N–H and O–H groups in total. The van der Waals surface area contributed by atoms with E-state index in [4.69, 9.17) is 4.74 Å². The van der Waals surface area contributed by atoms with Gasteiger partial charge >= 0.3 is 5.97 Å². The van der Waals surface area contributed by atoms with Gasteiger partial charge in [0.2, 0.25) is 0 Å². The van der Waals surface area contributed by atoms with Crippen LogP contribution in [0.2, 0.25) is 0 Å². The molecule has 4 heteroatoms. The molecule has 0 radical (unpaired) electrons. The Morgan fingerprint density at radius 3 is 2.84 bits per heavy atom. The lowest BCUT2D eigenvalue weighted by Gasteiger charge is -2.19. The molecule has 0 spiro atoms. The highest BCUT2D eigenvalue weighted by molar-refractivity contribution is 5.69. The van der Waals surface area contributed by atoms with E-state index in [2.05, 4.69) is 12.0 Å². The van der Waals surface area contributed by atoms with Crippen molar-refractivity contribution < 1.29 is 9.53 Å². The molecular weight excluding hydrogens is 240 g/mol. The second-order valence-corrected chi connectivity index (χ2v) is 6.71. The first-order valence-electron chi connectivity index (χ1n) is 7.19. The minimum Gasteiger partial charge on any atom is -0.459 e. The van der Waals surface area contributed by atoms with Crippen LogP contribution in [0.1, 0.15) is 57.0 Å². The molecule has 1 fully saturated rings. The number of carbonyl (C=O) groups is 1. The van der Waals surface area contributed by atoms with Crippen molar-refractivity contribution >= 4 is 5.97 Å². The molecule has 19 heavy (non-hydrogen) atoms. The van der Waals surface area contributed by atoms with Gasteiger partial charge in [0.05, 0.1) is 5.69 Å². The van der Waals surface area contributed by atoms with Gasteiger partial charge in [0.25, 0.3) is 0 Å². The van der Waals surface area contributed by atoms with E-state index < -0.39 is 5.60 Å². The van der Waals surface area contributed by atoms with Crippen molar-refractivity contribution in [2.24, 2.45) is 5.92 Å². The van der Waals surface area contributed by atoms with E-state index >= 15 is 0 Å². The van der Waals surface area contributed by atoms with Crippen LogP contribution in [0.3, 0.4) is 0 Å². The third kappa shape index (κ3) is 2.28. The fourth-order valence-corrected chi connectivity index (χ4v) is 3.17. The number of aryl methyl sites for hydroxylation is 1. The fourth-order valence-electron chi connectivity index (χ4n) is 3.17. The Morgan fingerprint density at radius 2 is 2.21 bits per heavy atom. The summed E-state index contributed by atoms with van der Waals surface area (Å²) in [6.07, 6.45) is 3.36. The van der Waals surface area contributed by atoms with E-state index in [-0.39, 0.29) is 12.5 Å². The van der Waals surface area contributed by atoms with Crippen LogP contribution >= 0.6 is 0 Å². The SMILES string of the molecule is CCc1nn(CC(=O)OC(C)(C)C)c2c1[C@@H]1CC1C2. The Kier molecular flexibility index (Phi) is 2.73.